The van der Waals surface area contributed by atoms with Crippen LogP contribution >= 0.6 is 0 Å². The maximum atomic E-state index is 13.5. The molecule has 0 unspecified atom stereocenters. The molecule has 5 nitrogen and oxygen atoms in total. The zero-order chi connectivity index (χ0) is 18.5. The molecule has 1 aromatic heterocycles. The molecule has 4 fully saturated rings. The normalized spacial score (nSPS) is 31.9. The number of carbonyl (C=O) groups excluding carboxylic acids is 1. The zero-order valence-corrected chi connectivity index (χ0v) is 16.2. The van der Waals surface area contributed by atoms with Gasteiger partial charge in [-0.3, -0.25) is 14.8 Å². The number of aryl methyl sites for hydroxylation is 2. The molecule has 0 spiro atoms. The number of amides is 1. The van der Waals surface area contributed by atoms with Gasteiger partial charge in [0.15, 0.2) is 0 Å². The highest BCUT2D eigenvalue weighted by molar-refractivity contribution is 5.95. The van der Waals surface area contributed by atoms with Crippen LogP contribution in [0.15, 0.2) is 30.5 Å². The number of rotatable bonds is 3. The number of hydrogen-bond donors (Lipinski definition) is 1. The van der Waals surface area contributed by atoms with Gasteiger partial charge in [0.1, 0.15) is 0 Å². The first-order chi connectivity index (χ1) is 13.2. The van der Waals surface area contributed by atoms with Crippen LogP contribution in [0.5, 0.6) is 0 Å². The van der Waals surface area contributed by atoms with Crippen LogP contribution in [0.2, 0.25) is 0 Å². The third-order valence-corrected chi connectivity index (χ3v) is 7.06. The molecule has 4 aliphatic rings. The van der Waals surface area contributed by atoms with Crippen LogP contribution in [0, 0.1) is 12.8 Å². The van der Waals surface area contributed by atoms with Crippen molar-refractivity contribution in [2.45, 2.75) is 51.1 Å². The molecule has 0 radical (unpaired) electrons. The summed E-state index contributed by atoms with van der Waals surface area (Å²) < 4.78 is 0. The van der Waals surface area contributed by atoms with Crippen molar-refractivity contribution in [1.82, 2.24) is 20.0 Å². The molecular formula is C22H28N4O. The summed E-state index contributed by atoms with van der Waals surface area (Å²) in [6.45, 7) is 7.39. The average Bonchev–Trinajstić information content (AvgIpc) is 3.35. The van der Waals surface area contributed by atoms with Gasteiger partial charge in [-0.2, -0.15) is 5.10 Å². The fraction of sp³-hybridized carbons (Fsp3) is 0.545. The van der Waals surface area contributed by atoms with Gasteiger partial charge < -0.3 is 4.90 Å². The van der Waals surface area contributed by atoms with Crippen molar-refractivity contribution < 1.29 is 4.79 Å². The number of nitrogens with one attached hydrogen (secondary N) is 1. The summed E-state index contributed by atoms with van der Waals surface area (Å²) in [5.74, 6) is 1.20. The molecule has 3 atom stereocenters. The van der Waals surface area contributed by atoms with Crippen molar-refractivity contribution in [3.05, 3.63) is 52.8 Å². The van der Waals surface area contributed by atoms with Crippen LogP contribution in [0.3, 0.4) is 0 Å². The lowest BCUT2D eigenvalue weighted by Gasteiger charge is -2.51. The number of nitrogens with zero attached hydrogens (tertiary/aromatic N) is 3. The number of aromatic nitrogens is 2. The van der Waals surface area contributed by atoms with Crippen molar-refractivity contribution in [3.8, 4) is 0 Å². The third kappa shape index (κ3) is 2.63. The molecule has 0 saturated carbocycles. The molecule has 1 amide bonds. The summed E-state index contributed by atoms with van der Waals surface area (Å²) in [6, 6.07) is 9.74. The zero-order valence-electron chi connectivity index (χ0n) is 16.2. The molecule has 6 rings (SSSR count). The van der Waals surface area contributed by atoms with Gasteiger partial charge in [-0.05, 0) is 50.8 Å². The van der Waals surface area contributed by atoms with E-state index in [1.807, 2.05) is 0 Å². The molecule has 5 heterocycles. The minimum atomic E-state index is 0.166. The average molecular weight is 364 g/mol. The monoisotopic (exact) mass is 364 g/mol. The van der Waals surface area contributed by atoms with Crippen LogP contribution in [-0.4, -0.2) is 57.6 Å². The van der Waals surface area contributed by atoms with Crippen molar-refractivity contribution >= 4 is 5.91 Å². The molecule has 27 heavy (non-hydrogen) atoms. The fourth-order valence-corrected chi connectivity index (χ4v) is 5.68. The topological polar surface area (TPSA) is 52.2 Å². The Labute approximate surface area is 160 Å². The largest absolute Gasteiger partial charge is 0.333 e. The van der Waals surface area contributed by atoms with Gasteiger partial charge >= 0.3 is 0 Å². The lowest BCUT2D eigenvalue weighted by molar-refractivity contribution is -0.00343. The Morgan fingerprint density at radius 1 is 1.19 bits per heavy atom. The van der Waals surface area contributed by atoms with E-state index in [4.69, 9.17) is 0 Å². The van der Waals surface area contributed by atoms with E-state index < -0.39 is 0 Å². The molecule has 0 aliphatic carbocycles. The quantitative estimate of drug-likeness (QED) is 0.911. The summed E-state index contributed by atoms with van der Waals surface area (Å²) in [7, 11) is 0. The molecule has 142 valence electrons. The number of hydrogen-bond acceptors (Lipinski definition) is 3. The molecule has 2 aromatic rings. The Kier molecular flexibility index (Phi) is 4.08. The number of benzene rings is 1. The molecule has 2 bridgehead atoms. The van der Waals surface area contributed by atoms with Crippen LogP contribution in [0.1, 0.15) is 52.9 Å². The minimum absolute atomic E-state index is 0.166. The van der Waals surface area contributed by atoms with E-state index >= 15 is 0 Å². The summed E-state index contributed by atoms with van der Waals surface area (Å²) in [6.07, 6.45) is 4.96. The Balaban J connectivity index is 1.52. The van der Waals surface area contributed by atoms with Gasteiger partial charge in [0, 0.05) is 24.2 Å². The smallest absolute Gasteiger partial charge is 0.257 e. The third-order valence-electron chi connectivity index (χ3n) is 7.06. The maximum absolute atomic E-state index is 13.5. The van der Waals surface area contributed by atoms with Crippen LogP contribution in [0.4, 0.5) is 0 Å². The van der Waals surface area contributed by atoms with E-state index in [0.717, 1.165) is 24.2 Å². The van der Waals surface area contributed by atoms with Crippen LogP contribution in [0.25, 0.3) is 0 Å². The second-order valence-corrected chi connectivity index (χ2v) is 8.45. The molecule has 4 aliphatic heterocycles. The molecular weight excluding hydrogens is 336 g/mol. The number of fused-ring (bicyclic) bond motifs is 2. The molecule has 5 heteroatoms. The Hall–Kier alpha value is -2.14. The summed E-state index contributed by atoms with van der Waals surface area (Å²) in [5.41, 5.74) is 4.38. The second kappa shape index (κ2) is 6.48. The Bertz CT molecular complexity index is 834. The standard InChI is InChI=1S/C22H28N4O/c1-3-19-17(12-23-24-19)22(27)26-13-18(15-6-4-14(2)5-7-15)21-20(26)16-8-10-25(21)11-9-16/h4-7,12,16,18,20-21H,3,8-11,13H2,1-2H3,(H,23,24)/t18-,20-,21-/m1/s1. The van der Waals surface area contributed by atoms with Gasteiger partial charge in [0.25, 0.3) is 5.91 Å². The molecule has 1 N–H and O–H groups in total. The van der Waals surface area contributed by atoms with Crippen molar-refractivity contribution in [2.24, 2.45) is 5.92 Å². The van der Waals surface area contributed by atoms with Crippen molar-refractivity contribution in [1.29, 1.82) is 0 Å². The second-order valence-electron chi connectivity index (χ2n) is 8.45. The van der Waals surface area contributed by atoms with E-state index in [1.165, 1.54) is 37.1 Å². The highest BCUT2D eigenvalue weighted by Gasteiger charge is 2.54. The lowest BCUT2D eigenvalue weighted by atomic mass is 9.75. The maximum Gasteiger partial charge on any atom is 0.257 e. The highest BCUT2D eigenvalue weighted by Crippen LogP contribution is 2.47. The highest BCUT2D eigenvalue weighted by atomic mass is 16.2. The summed E-state index contributed by atoms with van der Waals surface area (Å²) in [5, 5.41) is 7.15. The van der Waals surface area contributed by atoms with Crippen molar-refractivity contribution in [3.63, 3.8) is 0 Å². The first-order valence-corrected chi connectivity index (χ1v) is 10.3. The minimum Gasteiger partial charge on any atom is -0.333 e. The number of aromatic amines is 1. The first-order valence-electron chi connectivity index (χ1n) is 10.3. The Morgan fingerprint density at radius 2 is 1.93 bits per heavy atom. The Morgan fingerprint density at radius 3 is 2.63 bits per heavy atom. The van der Waals surface area contributed by atoms with E-state index in [-0.39, 0.29) is 5.91 Å². The number of likely N-dealkylation sites (tertiary alicyclic amines) is 1. The van der Waals surface area contributed by atoms with E-state index in [9.17, 15) is 4.79 Å². The van der Waals surface area contributed by atoms with Crippen LogP contribution in [-0.2, 0) is 6.42 Å². The van der Waals surface area contributed by atoms with Gasteiger partial charge in [0.2, 0.25) is 0 Å². The first kappa shape index (κ1) is 17.0. The summed E-state index contributed by atoms with van der Waals surface area (Å²) in [4.78, 5) is 18.3. The molecule has 4 saturated heterocycles. The number of piperidine rings is 3. The predicted octanol–water partition coefficient (Wildman–Crippen LogP) is 2.98. The van der Waals surface area contributed by atoms with E-state index in [0.29, 0.717) is 23.9 Å². The van der Waals surface area contributed by atoms with Crippen molar-refractivity contribution in [2.75, 3.05) is 19.6 Å². The van der Waals surface area contributed by atoms with Gasteiger partial charge in [-0.15, -0.1) is 0 Å². The number of carbonyl (C=O) groups is 1. The van der Waals surface area contributed by atoms with Gasteiger partial charge in [0.05, 0.1) is 17.8 Å². The summed E-state index contributed by atoms with van der Waals surface area (Å²) >= 11 is 0. The van der Waals surface area contributed by atoms with E-state index in [1.54, 1.807) is 6.20 Å². The van der Waals surface area contributed by atoms with E-state index in [2.05, 4.69) is 58.1 Å². The van der Waals surface area contributed by atoms with Gasteiger partial charge in [-0.25, -0.2) is 0 Å². The number of H-pyrrole nitrogens is 1. The van der Waals surface area contributed by atoms with Gasteiger partial charge in [-0.1, -0.05) is 36.8 Å². The fourth-order valence-electron chi connectivity index (χ4n) is 5.68. The SMILES string of the molecule is CCc1[nH]ncc1C(=O)N1C[C@H](c2ccc(C)cc2)[C@@H]2[C@H]1C1CCN2CC1. The predicted molar refractivity (Wildman–Crippen MR) is 105 cm³/mol. The lowest BCUT2D eigenvalue weighted by Crippen LogP contribution is -2.60. The van der Waals surface area contributed by atoms with Crippen LogP contribution < -0.4 is 0 Å². The molecule has 1 aromatic carbocycles.